The van der Waals surface area contributed by atoms with Gasteiger partial charge in [-0.25, -0.2) is 4.79 Å². The van der Waals surface area contributed by atoms with Crippen molar-refractivity contribution in [2.45, 2.75) is 19.0 Å². The average molecular weight is 285 g/mol. The average Bonchev–Trinajstić information content (AvgIpc) is 2.28. The first-order valence-corrected chi connectivity index (χ1v) is 5.74. The molecule has 0 aliphatic rings. The summed E-state index contributed by atoms with van der Waals surface area (Å²) < 4.78 is 35.5. The van der Waals surface area contributed by atoms with Gasteiger partial charge in [0.25, 0.3) is 0 Å². The molecule has 0 aliphatic carbocycles. The van der Waals surface area contributed by atoms with E-state index in [4.69, 9.17) is 5.11 Å². The summed E-state index contributed by atoms with van der Waals surface area (Å²) in [7, 11) is 1.77. The molecule has 0 spiro atoms. The third kappa shape index (κ3) is 10.1. The molecule has 6 nitrogen and oxygen atoms in total. The number of amides is 2. The van der Waals surface area contributed by atoms with Crippen molar-refractivity contribution >= 4 is 12.0 Å². The molecule has 0 bridgehead atoms. The number of hydrogen-bond acceptors (Lipinski definition) is 3. The van der Waals surface area contributed by atoms with E-state index in [1.165, 1.54) is 0 Å². The van der Waals surface area contributed by atoms with Crippen LogP contribution in [0.1, 0.15) is 12.8 Å². The molecule has 0 saturated heterocycles. The van der Waals surface area contributed by atoms with E-state index in [0.717, 1.165) is 0 Å². The Labute approximate surface area is 108 Å². The molecule has 0 unspecified atom stereocenters. The molecule has 0 aromatic rings. The van der Waals surface area contributed by atoms with Gasteiger partial charge in [-0.05, 0) is 33.0 Å². The number of carbonyl (C=O) groups excluding carboxylic acids is 1. The van der Waals surface area contributed by atoms with Crippen molar-refractivity contribution in [1.29, 1.82) is 0 Å². The van der Waals surface area contributed by atoms with Gasteiger partial charge >= 0.3 is 18.2 Å². The lowest BCUT2D eigenvalue weighted by Gasteiger charge is -2.16. The maximum atomic E-state index is 11.8. The minimum Gasteiger partial charge on any atom is -0.465 e. The van der Waals surface area contributed by atoms with E-state index < -0.39 is 18.2 Å². The number of carboxylic acid groups (broad SMARTS) is 1. The van der Waals surface area contributed by atoms with Crippen LogP contribution in [0.2, 0.25) is 0 Å². The molecule has 0 fully saturated rings. The molecule has 9 heteroatoms. The molecule has 0 rings (SSSR count). The van der Waals surface area contributed by atoms with Crippen molar-refractivity contribution in [3.05, 3.63) is 0 Å². The van der Waals surface area contributed by atoms with Gasteiger partial charge in [0.1, 0.15) is 0 Å². The zero-order valence-corrected chi connectivity index (χ0v) is 10.6. The van der Waals surface area contributed by atoms with Gasteiger partial charge in [-0.15, -0.1) is 0 Å². The number of nitrogens with one attached hydrogen (secondary N) is 2. The molecule has 2 amide bonds. The maximum Gasteiger partial charge on any atom is 0.471 e. The second kappa shape index (κ2) is 8.57. The van der Waals surface area contributed by atoms with Crippen LogP contribution in [0.25, 0.3) is 0 Å². The van der Waals surface area contributed by atoms with Crippen LogP contribution in [-0.2, 0) is 4.79 Å². The fraction of sp³-hybridized carbons (Fsp3) is 0.800. The highest BCUT2D eigenvalue weighted by Crippen LogP contribution is 2.13. The van der Waals surface area contributed by atoms with Crippen molar-refractivity contribution in [3.63, 3.8) is 0 Å². The molecular formula is C10H18F3N3O3. The third-order valence-corrected chi connectivity index (χ3v) is 2.25. The van der Waals surface area contributed by atoms with E-state index in [9.17, 15) is 22.8 Å². The van der Waals surface area contributed by atoms with Crippen LogP contribution >= 0.6 is 0 Å². The van der Waals surface area contributed by atoms with E-state index in [0.29, 0.717) is 32.5 Å². The monoisotopic (exact) mass is 285 g/mol. The predicted molar refractivity (Wildman–Crippen MR) is 61.8 cm³/mol. The topological polar surface area (TPSA) is 81.7 Å². The number of rotatable bonds is 8. The van der Waals surface area contributed by atoms with Gasteiger partial charge in [0.2, 0.25) is 0 Å². The van der Waals surface area contributed by atoms with E-state index in [1.54, 1.807) is 12.4 Å². The van der Waals surface area contributed by atoms with E-state index >= 15 is 0 Å². The summed E-state index contributed by atoms with van der Waals surface area (Å²) in [6.07, 6.45) is -4.92. The third-order valence-electron chi connectivity index (χ3n) is 2.25. The molecule has 0 aliphatic heterocycles. The standard InChI is InChI=1S/C10H18F3N3O3/c1-16(7-3-5-15-9(18)19)6-2-4-14-8(17)10(11,12)13/h15H,2-7H2,1H3,(H,14,17)(H,18,19). The van der Waals surface area contributed by atoms with Gasteiger partial charge in [0, 0.05) is 13.1 Å². The summed E-state index contributed by atoms with van der Waals surface area (Å²) in [6.45, 7) is 1.42. The Morgan fingerprint density at radius 1 is 1.11 bits per heavy atom. The van der Waals surface area contributed by atoms with Crippen LogP contribution in [0, 0.1) is 0 Å². The van der Waals surface area contributed by atoms with Crippen LogP contribution < -0.4 is 10.6 Å². The van der Waals surface area contributed by atoms with Crippen molar-refractivity contribution < 1.29 is 27.9 Å². The van der Waals surface area contributed by atoms with Gasteiger partial charge in [0.05, 0.1) is 0 Å². The molecule has 0 saturated carbocycles. The van der Waals surface area contributed by atoms with Gasteiger partial charge in [0.15, 0.2) is 0 Å². The predicted octanol–water partition coefficient (Wildman–Crippen LogP) is 0.645. The Bertz CT molecular complexity index is 297. The molecule has 0 heterocycles. The normalized spacial score (nSPS) is 11.4. The Morgan fingerprint density at radius 2 is 1.58 bits per heavy atom. The van der Waals surface area contributed by atoms with E-state index in [2.05, 4.69) is 5.32 Å². The van der Waals surface area contributed by atoms with Gasteiger partial charge in [-0.1, -0.05) is 0 Å². The van der Waals surface area contributed by atoms with Crippen molar-refractivity contribution in [3.8, 4) is 0 Å². The molecule has 3 N–H and O–H groups in total. The minimum atomic E-state index is -4.84. The number of hydrogen-bond donors (Lipinski definition) is 3. The lowest BCUT2D eigenvalue weighted by atomic mass is 10.3. The summed E-state index contributed by atoms with van der Waals surface area (Å²) in [5, 5.41) is 12.3. The molecule has 0 atom stereocenters. The van der Waals surface area contributed by atoms with Crippen molar-refractivity contribution in [2.75, 3.05) is 33.2 Å². The molecule has 112 valence electrons. The highest BCUT2D eigenvalue weighted by atomic mass is 19.4. The fourth-order valence-corrected chi connectivity index (χ4v) is 1.31. The first-order valence-electron chi connectivity index (χ1n) is 5.74. The number of carbonyl (C=O) groups is 2. The molecule has 0 radical (unpaired) electrons. The second-order valence-corrected chi connectivity index (χ2v) is 4.00. The lowest BCUT2D eigenvalue weighted by molar-refractivity contribution is -0.173. The summed E-state index contributed by atoms with van der Waals surface area (Å²) in [5.41, 5.74) is 0. The largest absolute Gasteiger partial charge is 0.471 e. The van der Waals surface area contributed by atoms with Crippen LogP contribution in [0.4, 0.5) is 18.0 Å². The Morgan fingerprint density at radius 3 is 2.00 bits per heavy atom. The van der Waals surface area contributed by atoms with E-state index in [1.807, 2.05) is 4.90 Å². The number of nitrogens with zero attached hydrogens (tertiary/aromatic N) is 1. The van der Waals surface area contributed by atoms with Gasteiger partial charge in [-0.3, -0.25) is 4.79 Å². The summed E-state index contributed by atoms with van der Waals surface area (Å²) in [6, 6.07) is 0. The number of alkyl halides is 3. The highest BCUT2D eigenvalue weighted by Gasteiger charge is 2.38. The van der Waals surface area contributed by atoms with Crippen LogP contribution in [0.3, 0.4) is 0 Å². The number of halogens is 3. The lowest BCUT2D eigenvalue weighted by Crippen LogP contribution is -2.38. The van der Waals surface area contributed by atoms with Crippen molar-refractivity contribution in [2.24, 2.45) is 0 Å². The molecule has 0 aromatic carbocycles. The van der Waals surface area contributed by atoms with Crippen LogP contribution in [-0.4, -0.2) is 61.4 Å². The summed E-state index contributed by atoms with van der Waals surface area (Å²) in [5.74, 6) is -1.93. The quantitative estimate of drug-likeness (QED) is 0.572. The zero-order valence-electron chi connectivity index (χ0n) is 10.6. The minimum absolute atomic E-state index is 0.0456. The smallest absolute Gasteiger partial charge is 0.465 e. The molecule has 19 heavy (non-hydrogen) atoms. The SMILES string of the molecule is CN(CCCNC(=O)O)CCCNC(=O)C(F)(F)F. The second-order valence-electron chi connectivity index (χ2n) is 4.00. The molecular weight excluding hydrogens is 267 g/mol. The van der Waals surface area contributed by atoms with Gasteiger partial charge in [-0.2, -0.15) is 13.2 Å². The van der Waals surface area contributed by atoms with Crippen LogP contribution in [0.5, 0.6) is 0 Å². The summed E-state index contributed by atoms with van der Waals surface area (Å²) >= 11 is 0. The Balaban J connectivity index is 3.51. The van der Waals surface area contributed by atoms with Crippen molar-refractivity contribution in [1.82, 2.24) is 15.5 Å². The maximum absolute atomic E-state index is 11.8. The molecule has 0 aromatic heterocycles. The van der Waals surface area contributed by atoms with E-state index in [-0.39, 0.29) is 6.54 Å². The summed E-state index contributed by atoms with van der Waals surface area (Å²) in [4.78, 5) is 22.5. The highest BCUT2D eigenvalue weighted by molar-refractivity contribution is 5.81. The van der Waals surface area contributed by atoms with Gasteiger partial charge < -0.3 is 20.6 Å². The Kier molecular flexibility index (Phi) is 7.89. The van der Waals surface area contributed by atoms with Crippen LogP contribution in [0.15, 0.2) is 0 Å². The zero-order chi connectivity index (χ0) is 14.9. The Hall–Kier alpha value is -1.51. The fourth-order valence-electron chi connectivity index (χ4n) is 1.31. The first-order chi connectivity index (χ1) is 8.73. The first kappa shape index (κ1) is 17.5.